The third-order valence-corrected chi connectivity index (χ3v) is 4.55. The molecule has 1 amide bonds. The van der Waals surface area contributed by atoms with Crippen LogP contribution in [0, 0.1) is 10.1 Å². The van der Waals surface area contributed by atoms with E-state index in [1.165, 1.54) is 18.2 Å². The lowest BCUT2D eigenvalue weighted by molar-refractivity contribution is -0.385. The Balaban J connectivity index is 2.07. The van der Waals surface area contributed by atoms with Gasteiger partial charge in [0.1, 0.15) is 5.75 Å². The van der Waals surface area contributed by atoms with Gasteiger partial charge in [-0.15, -0.1) is 0 Å². The SMILES string of the molecule is O=C(COc1cc(Cl)ccc1Cl)Nc1c(Br)cc([N+](=O)[O-])cc1Br. The maximum absolute atomic E-state index is 12.0. The van der Waals surface area contributed by atoms with Crippen LogP contribution < -0.4 is 10.1 Å². The molecule has 0 atom stereocenters. The number of amides is 1. The molecule has 10 heteroatoms. The van der Waals surface area contributed by atoms with Crippen molar-refractivity contribution in [2.75, 3.05) is 11.9 Å². The first kappa shape index (κ1) is 19.0. The van der Waals surface area contributed by atoms with E-state index in [0.29, 0.717) is 24.7 Å². The maximum atomic E-state index is 12.0. The summed E-state index contributed by atoms with van der Waals surface area (Å²) in [5.41, 5.74) is 0.236. The zero-order valence-electron chi connectivity index (χ0n) is 11.7. The highest BCUT2D eigenvalue weighted by Gasteiger charge is 2.16. The molecule has 0 aliphatic heterocycles. The van der Waals surface area contributed by atoms with Crippen LogP contribution in [-0.2, 0) is 4.79 Å². The van der Waals surface area contributed by atoms with E-state index in [1.54, 1.807) is 12.1 Å². The summed E-state index contributed by atoms with van der Waals surface area (Å²) < 4.78 is 6.04. The topological polar surface area (TPSA) is 81.5 Å². The molecule has 0 saturated heterocycles. The molecule has 0 fully saturated rings. The van der Waals surface area contributed by atoms with Crippen LogP contribution in [0.5, 0.6) is 5.75 Å². The summed E-state index contributed by atoms with van der Waals surface area (Å²) in [6.45, 7) is -0.310. The summed E-state index contributed by atoms with van der Waals surface area (Å²) in [5.74, 6) is -0.192. The van der Waals surface area contributed by atoms with Crippen LogP contribution in [0.4, 0.5) is 11.4 Å². The van der Waals surface area contributed by atoms with Gasteiger partial charge in [-0.1, -0.05) is 23.2 Å². The van der Waals surface area contributed by atoms with E-state index in [1.807, 2.05) is 0 Å². The maximum Gasteiger partial charge on any atom is 0.271 e. The largest absolute Gasteiger partial charge is 0.482 e. The Bertz CT molecular complexity index is 794. The summed E-state index contributed by atoms with van der Waals surface area (Å²) in [6.07, 6.45) is 0. The van der Waals surface area contributed by atoms with Crippen LogP contribution in [0.2, 0.25) is 10.0 Å². The number of ether oxygens (including phenoxy) is 1. The first-order valence-corrected chi connectivity index (χ1v) is 8.63. The Labute approximate surface area is 163 Å². The molecular formula is C14H8Br2Cl2N2O4. The third-order valence-electron chi connectivity index (χ3n) is 2.75. The Hall–Kier alpha value is -1.35. The molecule has 2 aromatic rings. The number of hydrogen-bond donors (Lipinski definition) is 1. The normalized spacial score (nSPS) is 10.3. The highest BCUT2D eigenvalue weighted by atomic mass is 79.9. The minimum Gasteiger partial charge on any atom is -0.482 e. The number of benzene rings is 2. The molecule has 24 heavy (non-hydrogen) atoms. The number of halogens is 4. The van der Waals surface area contributed by atoms with E-state index in [9.17, 15) is 14.9 Å². The Morgan fingerprint density at radius 1 is 1.21 bits per heavy atom. The zero-order chi connectivity index (χ0) is 17.9. The van der Waals surface area contributed by atoms with Gasteiger partial charge in [-0.2, -0.15) is 0 Å². The van der Waals surface area contributed by atoms with Crippen molar-refractivity contribution in [3.8, 4) is 5.75 Å². The van der Waals surface area contributed by atoms with Gasteiger partial charge in [-0.3, -0.25) is 14.9 Å². The number of hydrogen-bond acceptors (Lipinski definition) is 4. The van der Waals surface area contributed by atoms with Gasteiger partial charge in [0, 0.05) is 32.2 Å². The van der Waals surface area contributed by atoms with Crippen molar-refractivity contribution < 1.29 is 14.5 Å². The van der Waals surface area contributed by atoms with Gasteiger partial charge in [-0.05, 0) is 44.0 Å². The van der Waals surface area contributed by atoms with E-state index in [2.05, 4.69) is 37.2 Å². The molecule has 6 nitrogen and oxygen atoms in total. The van der Waals surface area contributed by atoms with E-state index < -0.39 is 10.8 Å². The molecule has 0 aromatic heterocycles. The second-order valence-electron chi connectivity index (χ2n) is 4.45. The van der Waals surface area contributed by atoms with Crippen LogP contribution in [0.3, 0.4) is 0 Å². The van der Waals surface area contributed by atoms with E-state index in [0.717, 1.165) is 0 Å². The summed E-state index contributed by atoms with van der Waals surface area (Å²) in [6, 6.07) is 7.22. The van der Waals surface area contributed by atoms with Crippen molar-refractivity contribution in [2.24, 2.45) is 0 Å². The van der Waals surface area contributed by atoms with Crippen molar-refractivity contribution in [3.05, 3.63) is 59.4 Å². The first-order valence-electron chi connectivity index (χ1n) is 6.29. The predicted octanol–water partition coefficient (Wildman–Crippen LogP) is 5.44. The van der Waals surface area contributed by atoms with Crippen LogP contribution >= 0.6 is 55.1 Å². The molecule has 0 heterocycles. The number of nitrogens with zero attached hydrogens (tertiary/aromatic N) is 1. The smallest absolute Gasteiger partial charge is 0.271 e. The van der Waals surface area contributed by atoms with E-state index in [4.69, 9.17) is 27.9 Å². The summed E-state index contributed by atoms with van der Waals surface area (Å²) in [4.78, 5) is 22.3. The number of nitro benzene ring substituents is 1. The molecule has 0 aliphatic carbocycles. The van der Waals surface area contributed by atoms with Gasteiger partial charge in [-0.25, -0.2) is 0 Å². The first-order chi connectivity index (χ1) is 11.3. The van der Waals surface area contributed by atoms with Gasteiger partial charge < -0.3 is 10.1 Å². The monoisotopic (exact) mass is 496 g/mol. The number of nitrogens with one attached hydrogen (secondary N) is 1. The molecule has 126 valence electrons. The Kier molecular flexibility index (Phi) is 6.45. The fraction of sp³-hybridized carbons (Fsp3) is 0.0714. The highest BCUT2D eigenvalue weighted by molar-refractivity contribution is 9.11. The van der Waals surface area contributed by atoms with Crippen molar-refractivity contribution in [2.45, 2.75) is 0 Å². The number of carbonyl (C=O) groups is 1. The number of carbonyl (C=O) groups excluding carboxylic acids is 1. The molecule has 2 rings (SSSR count). The van der Waals surface area contributed by atoms with Crippen molar-refractivity contribution in [3.63, 3.8) is 0 Å². The summed E-state index contributed by atoms with van der Waals surface area (Å²) in [7, 11) is 0. The molecule has 0 spiro atoms. The zero-order valence-corrected chi connectivity index (χ0v) is 16.4. The number of rotatable bonds is 5. The van der Waals surface area contributed by atoms with Crippen LogP contribution in [0.15, 0.2) is 39.3 Å². The fourth-order valence-corrected chi connectivity index (χ4v) is 3.39. The van der Waals surface area contributed by atoms with Gasteiger partial charge in [0.15, 0.2) is 6.61 Å². The molecule has 2 aromatic carbocycles. The predicted molar refractivity (Wildman–Crippen MR) is 99.1 cm³/mol. The summed E-state index contributed by atoms with van der Waals surface area (Å²) in [5, 5.41) is 14.1. The number of non-ortho nitro benzene ring substituents is 1. The second-order valence-corrected chi connectivity index (χ2v) is 7.01. The molecular weight excluding hydrogens is 491 g/mol. The summed E-state index contributed by atoms with van der Waals surface area (Å²) >= 11 is 18.1. The molecule has 0 radical (unpaired) electrons. The highest BCUT2D eigenvalue weighted by Crippen LogP contribution is 2.35. The van der Waals surface area contributed by atoms with Crippen LogP contribution in [0.25, 0.3) is 0 Å². The lowest BCUT2D eigenvalue weighted by Crippen LogP contribution is -2.20. The third kappa shape index (κ3) is 4.83. The van der Waals surface area contributed by atoms with Gasteiger partial charge in [0.05, 0.1) is 15.6 Å². The molecule has 1 N–H and O–H groups in total. The molecule has 0 unspecified atom stereocenters. The van der Waals surface area contributed by atoms with Gasteiger partial charge in [0.2, 0.25) is 0 Å². The Morgan fingerprint density at radius 3 is 2.42 bits per heavy atom. The number of nitro groups is 1. The quantitative estimate of drug-likeness (QED) is 0.439. The van der Waals surface area contributed by atoms with Crippen LogP contribution in [-0.4, -0.2) is 17.4 Å². The van der Waals surface area contributed by atoms with Crippen molar-refractivity contribution >= 4 is 72.3 Å². The van der Waals surface area contributed by atoms with Crippen molar-refractivity contribution in [1.29, 1.82) is 0 Å². The number of anilines is 1. The minimum absolute atomic E-state index is 0.117. The second kappa shape index (κ2) is 8.15. The lowest BCUT2D eigenvalue weighted by atomic mass is 10.3. The average molecular weight is 499 g/mol. The minimum atomic E-state index is -0.536. The van der Waals surface area contributed by atoms with E-state index in [-0.39, 0.29) is 18.0 Å². The average Bonchev–Trinajstić information content (AvgIpc) is 2.51. The van der Waals surface area contributed by atoms with Crippen LogP contribution in [0.1, 0.15) is 0 Å². The standard InChI is InChI=1S/C14H8Br2Cl2N2O4/c15-9-4-8(20(22)23)5-10(16)14(9)19-13(21)6-24-12-3-7(17)1-2-11(12)18/h1-5H,6H2,(H,19,21). The molecule has 0 aliphatic rings. The lowest BCUT2D eigenvalue weighted by Gasteiger charge is -2.11. The van der Waals surface area contributed by atoms with E-state index >= 15 is 0 Å². The molecule has 0 saturated carbocycles. The molecule has 0 bridgehead atoms. The van der Waals surface area contributed by atoms with Gasteiger partial charge >= 0.3 is 0 Å². The fourth-order valence-electron chi connectivity index (χ4n) is 1.69. The Morgan fingerprint density at radius 2 is 1.83 bits per heavy atom. The van der Waals surface area contributed by atoms with Gasteiger partial charge in [0.25, 0.3) is 11.6 Å². The van der Waals surface area contributed by atoms with Crippen molar-refractivity contribution in [1.82, 2.24) is 0 Å².